The summed E-state index contributed by atoms with van der Waals surface area (Å²) in [5, 5.41) is 3.98. The van der Waals surface area contributed by atoms with E-state index < -0.39 is 5.76 Å². The summed E-state index contributed by atoms with van der Waals surface area (Å²) in [5.41, 5.74) is 4.20. The Kier molecular flexibility index (Phi) is 3.57. The lowest BCUT2D eigenvalue weighted by Crippen LogP contribution is -2.08. The quantitative estimate of drug-likeness (QED) is 0.572. The minimum Gasteiger partial charge on any atom is -0.408 e. The molecule has 6 nitrogen and oxygen atoms in total. The predicted molar refractivity (Wildman–Crippen MR) is 94.9 cm³/mol. The fourth-order valence-corrected chi connectivity index (χ4v) is 2.54. The van der Waals surface area contributed by atoms with Crippen molar-refractivity contribution in [1.29, 1.82) is 0 Å². The molecule has 2 heterocycles. The molecule has 2 aromatic carbocycles. The van der Waals surface area contributed by atoms with E-state index >= 15 is 0 Å². The molecule has 2 aromatic heterocycles. The summed E-state index contributed by atoms with van der Waals surface area (Å²) >= 11 is 0. The summed E-state index contributed by atoms with van der Waals surface area (Å²) in [4.78, 5) is 15.9. The van der Waals surface area contributed by atoms with Gasteiger partial charge in [0.2, 0.25) is 5.82 Å². The van der Waals surface area contributed by atoms with Gasteiger partial charge < -0.3 is 8.94 Å². The van der Waals surface area contributed by atoms with E-state index in [1.165, 1.54) is 10.1 Å². The highest BCUT2D eigenvalue weighted by Gasteiger charge is 2.11. The first kappa shape index (κ1) is 15.1. The largest absolute Gasteiger partial charge is 0.419 e. The van der Waals surface area contributed by atoms with Gasteiger partial charge in [0, 0.05) is 18.7 Å². The van der Waals surface area contributed by atoms with Crippen LogP contribution in [0.15, 0.2) is 56.2 Å². The van der Waals surface area contributed by atoms with Gasteiger partial charge in [-0.3, -0.25) is 4.57 Å². The van der Waals surface area contributed by atoms with Crippen molar-refractivity contribution in [1.82, 2.24) is 14.7 Å². The molecule has 0 saturated carbocycles. The van der Waals surface area contributed by atoms with Gasteiger partial charge in [-0.2, -0.15) is 4.98 Å². The minimum absolute atomic E-state index is 0.401. The zero-order chi connectivity index (χ0) is 17.4. The third-order valence-corrected chi connectivity index (χ3v) is 3.99. The first-order valence-corrected chi connectivity index (χ1v) is 7.78. The zero-order valence-electron chi connectivity index (χ0n) is 13.8. The second-order valence-corrected chi connectivity index (χ2v) is 5.81. The van der Waals surface area contributed by atoms with E-state index in [2.05, 4.69) is 10.1 Å². The Morgan fingerprint density at radius 3 is 2.68 bits per heavy atom. The molecule has 4 aromatic rings. The van der Waals surface area contributed by atoms with Gasteiger partial charge in [-0.1, -0.05) is 35.0 Å². The van der Waals surface area contributed by atoms with Crippen LogP contribution in [0.2, 0.25) is 0 Å². The summed E-state index contributed by atoms with van der Waals surface area (Å²) < 4.78 is 11.9. The van der Waals surface area contributed by atoms with Gasteiger partial charge in [-0.25, -0.2) is 4.79 Å². The molecule has 124 valence electrons. The Labute approximate surface area is 143 Å². The van der Waals surface area contributed by atoms with Gasteiger partial charge in [-0.05, 0) is 36.8 Å². The lowest BCUT2D eigenvalue weighted by molar-refractivity contribution is 0.411. The lowest BCUT2D eigenvalue weighted by Gasteiger charge is -1.94. The van der Waals surface area contributed by atoms with Crippen LogP contribution in [0.5, 0.6) is 0 Å². The second kappa shape index (κ2) is 5.90. The van der Waals surface area contributed by atoms with Crippen LogP contribution >= 0.6 is 0 Å². The number of hydrogen-bond donors (Lipinski definition) is 0. The van der Waals surface area contributed by atoms with Crippen molar-refractivity contribution in [2.24, 2.45) is 7.05 Å². The monoisotopic (exact) mass is 333 g/mol. The fourth-order valence-electron chi connectivity index (χ4n) is 2.54. The van der Waals surface area contributed by atoms with Crippen molar-refractivity contribution < 1.29 is 8.94 Å². The van der Waals surface area contributed by atoms with E-state index in [0.29, 0.717) is 17.3 Å². The Morgan fingerprint density at radius 2 is 1.88 bits per heavy atom. The summed E-state index contributed by atoms with van der Waals surface area (Å²) in [5.74, 6) is 0.448. The van der Waals surface area contributed by atoms with Crippen molar-refractivity contribution in [2.45, 2.75) is 6.92 Å². The highest BCUT2D eigenvalue weighted by molar-refractivity contribution is 5.79. The van der Waals surface area contributed by atoms with E-state index in [1.807, 2.05) is 43.3 Å². The Morgan fingerprint density at radius 1 is 1.08 bits per heavy atom. The average Bonchev–Trinajstić information content (AvgIpc) is 3.19. The normalized spacial score (nSPS) is 11.6. The van der Waals surface area contributed by atoms with E-state index in [-0.39, 0.29) is 0 Å². The molecule has 0 N–H and O–H groups in total. The van der Waals surface area contributed by atoms with Crippen LogP contribution < -0.4 is 5.76 Å². The van der Waals surface area contributed by atoms with Crippen LogP contribution in [-0.2, 0) is 7.05 Å². The maximum absolute atomic E-state index is 11.6. The maximum atomic E-state index is 11.6. The van der Waals surface area contributed by atoms with Crippen LogP contribution in [0.4, 0.5) is 0 Å². The smallest absolute Gasteiger partial charge is 0.408 e. The highest BCUT2D eigenvalue weighted by Crippen LogP contribution is 2.22. The number of benzene rings is 2. The SMILES string of the molecule is Cc1ccc(/C=C/c2nc(-c3ccc4c(c3)oc(=O)n4C)no2)cc1. The molecule has 0 amide bonds. The number of hydrogen-bond acceptors (Lipinski definition) is 5. The number of oxazole rings is 1. The van der Waals surface area contributed by atoms with Crippen LogP contribution in [0.3, 0.4) is 0 Å². The van der Waals surface area contributed by atoms with E-state index in [1.54, 1.807) is 25.3 Å². The summed E-state index contributed by atoms with van der Waals surface area (Å²) in [7, 11) is 1.66. The Balaban J connectivity index is 1.62. The summed E-state index contributed by atoms with van der Waals surface area (Å²) in [6.45, 7) is 2.05. The number of fused-ring (bicyclic) bond motifs is 1. The van der Waals surface area contributed by atoms with Crippen LogP contribution in [0.25, 0.3) is 34.6 Å². The molecule has 6 heteroatoms. The molecule has 0 aliphatic heterocycles. The topological polar surface area (TPSA) is 74.1 Å². The second-order valence-electron chi connectivity index (χ2n) is 5.81. The molecule has 0 aliphatic carbocycles. The van der Waals surface area contributed by atoms with Gasteiger partial charge in [0.25, 0.3) is 5.89 Å². The summed E-state index contributed by atoms with van der Waals surface area (Å²) in [6, 6.07) is 13.5. The number of aromatic nitrogens is 3. The average molecular weight is 333 g/mol. The number of aryl methyl sites for hydroxylation is 2. The third-order valence-electron chi connectivity index (χ3n) is 3.99. The van der Waals surface area contributed by atoms with E-state index in [9.17, 15) is 4.79 Å². The van der Waals surface area contributed by atoms with Crippen molar-refractivity contribution in [2.75, 3.05) is 0 Å². The molecule has 0 aliphatic rings. The van der Waals surface area contributed by atoms with E-state index in [4.69, 9.17) is 8.94 Å². The molecule has 25 heavy (non-hydrogen) atoms. The van der Waals surface area contributed by atoms with Crippen molar-refractivity contribution in [3.63, 3.8) is 0 Å². The third kappa shape index (κ3) is 2.89. The minimum atomic E-state index is -0.401. The number of nitrogens with zero attached hydrogens (tertiary/aromatic N) is 3. The Bertz CT molecular complexity index is 1130. The first-order chi connectivity index (χ1) is 12.1. The zero-order valence-corrected chi connectivity index (χ0v) is 13.8. The molecule has 0 bridgehead atoms. The predicted octanol–water partition coefficient (Wildman–Crippen LogP) is 3.66. The summed E-state index contributed by atoms with van der Waals surface area (Å²) in [6.07, 6.45) is 3.68. The molecule has 4 rings (SSSR count). The molecule has 0 spiro atoms. The van der Waals surface area contributed by atoms with Crippen LogP contribution in [0.1, 0.15) is 17.0 Å². The standard InChI is InChI=1S/C19H15N3O3/c1-12-3-5-13(6-4-12)7-10-17-20-18(21-25-17)14-8-9-15-16(11-14)24-19(23)22(15)2/h3-11H,1-2H3/b10-7+. The Hall–Kier alpha value is -3.41. The molecular weight excluding hydrogens is 318 g/mol. The number of rotatable bonds is 3. The van der Waals surface area contributed by atoms with Gasteiger partial charge in [-0.15, -0.1) is 0 Å². The molecule has 0 radical (unpaired) electrons. The van der Waals surface area contributed by atoms with Crippen molar-refractivity contribution in [3.8, 4) is 11.4 Å². The van der Waals surface area contributed by atoms with Crippen LogP contribution in [0, 0.1) is 6.92 Å². The van der Waals surface area contributed by atoms with E-state index in [0.717, 1.165) is 16.6 Å². The lowest BCUT2D eigenvalue weighted by atomic mass is 10.1. The van der Waals surface area contributed by atoms with Crippen molar-refractivity contribution >= 4 is 23.3 Å². The molecule has 0 unspecified atom stereocenters. The van der Waals surface area contributed by atoms with Crippen LogP contribution in [-0.4, -0.2) is 14.7 Å². The van der Waals surface area contributed by atoms with Gasteiger partial charge in [0.05, 0.1) is 5.52 Å². The van der Waals surface area contributed by atoms with Gasteiger partial charge in [0.15, 0.2) is 5.58 Å². The highest BCUT2D eigenvalue weighted by atomic mass is 16.5. The fraction of sp³-hybridized carbons (Fsp3) is 0.105. The van der Waals surface area contributed by atoms with Crippen molar-refractivity contribution in [3.05, 3.63) is 70.0 Å². The molecule has 0 atom stereocenters. The molecule has 0 saturated heterocycles. The molecular formula is C19H15N3O3. The molecule has 0 fully saturated rings. The van der Waals surface area contributed by atoms with Gasteiger partial charge >= 0.3 is 5.76 Å². The maximum Gasteiger partial charge on any atom is 0.419 e. The van der Waals surface area contributed by atoms with Gasteiger partial charge in [0.1, 0.15) is 0 Å². The first-order valence-electron chi connectivity index (χ1n) is 7.78.